The highest BCUT2D eigenvalue weighted by Gasteiger charge is 2.47. The first-order chi connectivity index (χ1) is 7.77. The van der Waals surface area contributed by atoms with E-state index in [1.807, 2.05) is 18.2 Å². The van der Waals surface area contributed by atoms with Crippen LogP contribution in [0.3, 0.4) is 0 Å². The molecule has 3 fully saturated rings. The molecule has 0 saturated heterocycles. The predicted molar refractivity (Wildman–Crippen MR) is 61.0 cm³/mol. The van der Waals surface area contributed by atoms with Crippen molar-refractivity contribution in [2.45, 2.75) is 31.3 Å². The quantitative estimate of drug-likeness (QED) is 0.780. The SMILES string of the molecule is O=C1C[C@H]2CC[C@H]1[C@H](O)[C@@H]2c1ccccc1. The summed E-state index contributed by atoms with van der Waals surface area (Å²) < 4.78 is 0. The van der Waals surface area contributed by atoms with E-state index in [2.05, 4.69) is 12.1 Å². The van der Waals surface area contributed by atoms with Gasteiger partial charge in [-0.25, -0.2) is 0 Å². The van der Waals surface area contributed by atoms with Gasteiger partial charge in [0.15, 0.2) is 0 Å². The van der Waals surface area contributed by atoms with Gasteiger partial charge >= 0.3 is 0 Å². The molecule has 0 spiro atoms. The highest BCUT2D eigenvalue weighted by molar-refractivity contribution is 5.84. The third-order valence-electron chi connectivity index (χ3n) is 4.20. The van der Waals surface area contributed by atoms with E-state index in [0.29, 0.717) is 12.3 Å². The Balaban J connectivity index is 1.95. The van der Waals surface area contributed by atoms with Crippen LogP contribution in [0, 0.1) is 11.8 Å². The minimum atomic E-state index is -0.456. The van der Waals surface area contributed by atoms with Crippen LogP contribution in [0.4, 0.5) is 0 Å². The molecule has 1 aromatic carbocycles. The molecule has 2 nitrogen and oxygen atoms in total. The molecule has 16 heavy (non-hydrogen) atoms. The first-order valence-corrected chi connectivity index (χ1v) is 6.03. The lowest BCUT2D eigenvalue weighted by Crippen LogP contribution is -2.47. The second-order valence-electron chi connectivity index (χ2n) is 5.04. The number of aliphatic hydroxyl groups is 1. The third kappa shape index (κ3) is 1.40. The van der Waals surface area contributed by atoms with E-state index in [9.17, 15) is 9.90 Å². The zero-order valence-corrected chi connectivity index (χ0v) is 9.17. The third-order valence-corrected chi connectivity index (χ3v) is 4.20. The fourth-order valence-electron chi connectivity index (χ4n) is 3.41. The molecule has 3 aliphatic carbocycles. The minimum Gasteiger partial charge on any atom is -0.392 e. The minimum absolute atomic E-state index is 0.102. The van der Waals surface area contributed by atoms with Crippen LogP contribution < -0.4 is 0 Å². The number of ketones is 1. The van der Waals surface area contributed by atoms with E-state index in [1.54, 1.807) is 0 Å². The van der Waals surface area contributed by atoms with Gasteiger partial charge in [-0.2, -0.15) is 0 Å². The van der Waals surface area contributed by atoms with E-state index < -0.39 is 6.10 Å². The smallest absolute Gasteiger partial charge is 0.138 e. The van der Waals surface area contributed by atoms with Crippen molar-refractivity contribution in [2.75, 3.05) is 0 Å². The second-order valence-corrected chi connectivity index (χ2v) is 5.04. The van der Waals surface area contributed by atoms with Gasteiger partial charge in [-0.15, -0.1) is 0 Å². The summed E-state index contributed by atoms with van der Waals surface area (Å²) in [6.07, 6.45) is 2.19. The van der Waals surface area contributed by atoms with Crippen molar-refractivity contribution in [1.82, 2.24) is 0 Å². The zero-order chi connectivity index (χ0) is 11.1. The molecule has 2 bridgehead atoms. The van der Waals surface area contributed by atoms with Crippen LogP contribution in [0.5, 0.6) is 0 Å². The van der Waals surface area contributed by atoms with Crippen molar-refractivity contribution >= 4 is 5.78 Å². The van der Waals surface area contributed by atoms with Crippen LogP contribution in [-0.4, -0.2) is 17.0 Å². The first-order valence-electron chi connectivity index (χ1n) is 6.03. The molecule has 1 N–H and O–H groups in total. The zero-order valence-electron chi connectivity index (χ0n) is 9.17. The normalized spacial score (nSPS) is 37.7. The summed E-state index contributed by atoms with van der Waals surface area (Å²) in [6, 6.07) is 10.1. The lowest BCUT2D eigenvalue weighted by Gasteiger charge is -2.45. The Hall–Kier alpha value is -1.15. The van der Waals surface area contributed by atoms with Gasteiger partial charge < -0.3 is 5.11 Å². The summed E-state index contributed by atoms with van der Waals surface area (Å²) in [7, 11) is 0. The Morgan fingerprint density at radius 3 is 2.50 bits per heavy atom. The number of hydrogen-bond acceptors (Lipinski definition) is 2. The number of rotatable bonds is 1. The first kappa shape index (κ1) is 10.0. The van der Waals surface area contributed by atoms with Gasteiger partial charge in [0.05, 0.1) is 6.10 Å². The Labute approximate surface area is 95.3 Å². The fourth-order valence-corrected chi connectivity index (χ4v) is 3.41. The summed E-state index contributed by atoms with van der Waals surface area (Å²) in [5.74, 6) is 0.707. The van der Waals surface area contributed by atoms with Crippen molar-refractivity contribution in [3.63, 3.8) is 0 Å². The summed E-state index contributed by atoms with van der Waals surface area (Å²) in [4.78, 5) is 11.7. The molecule has 3 saturated carbocycles. The number of hydrogen-bond donors (Lipinski definition) is 1. The van der Waals surface area contributed by atoms with Crippen LogP contribution in [0.15, 0.2) is 30.3 Å². The Morgan fingerprint density at radius 2 is 1.88 bits per heavy atom. The molecule has 3 aliphatic rings. The number of carbonyl (C=O) groups excluding carboxylic acids is 1. The molecule has 0 aromatic heterocycles. The van der Waals surface area contributed by atoms with Gasteiger partial charge in [-0.3, -0.25) is 4.79 Å². The van der Waals surface area contributed by atoms with E-state index in [4.69, 9.17) is 0 Å². The number of Topliss-reactive ketones (excluding diaryl/α,β-unsaturated/α-hetero) is 1. The monoisotopic (exact) mass is 216 g/mol. The topological polar surface area (TPSA) is 37.3 Å². The lowest BCUT2D eigenvalue weighted by atomic mass is 9.60. The summed E-state index contributed by atoms with van der Waals surface area (Å²) in [5, 5.41) is 10.3. The largest absolute Gasteiger partial charge is 0.392 e. The molecule has 0 unspecified atom stereocenters. The second kappa shape index (κ2) is 3.70. The average Bonchev–Trinajstić information content (AvgIpc) is 2.30. The summed E-state index contributed by atoms with van der Waals surface area (Å²) in [5.41, 5.74) is 1.19. The Morgan fingerprint density at radius 1 is 1.12 bits per heavy atom. The van der Waals surface area contributed by atoms with Gasteiger partial charge in [-0.05, 0) is 24.3 Å². The molecule has 0 heterocycles. The van der Waals surface area contributed by atoms with Crippen molar-refractivity contribution in [3.05, 3.63) is 35.9 Å². The maximum atomic E-state index is 11.7. The van der Waals surface area contributed by atoms with Crippen LogP contribution >= 0.6 is 0 Å². The van der Waals surface area contributed by atoms with Crippen LogP contribution in [-0.2, 0) is 4.79 Å². The fraction of sp³-hybridized carbons (Fsp3) is 0.500. The van der Waals surface area contributed by atoms with Gasteiger partial charge in [0, 0.05) is 18.3 Å². The van der Waals surface area contributed by atoms with E-state index in [1.165, 1.54) is 5.56 Å². The molecule has 0 aliphatic heterocycles. The summed E-state index contributed by atoms with van der Waals surface area (Å²) >= 11 is 0. The highest BCUT2D eigenvalue weighted by atomic mass is 16.3. The average molecular weight is 216 g/mol. The number of carbonyl (C=O) groups is 1. The van der Waals surface area contributed by atoms with Gasteiger partial charge in [0.2, 0.25) is 0 Å². The summed E-state index contributed by atoms with van der Waals surface area (Å²) in [6.45, 7) is 0. The predicted octanol–water partition coefficient (Wildman–Crippen LogP) is 2.13. The maximum absolute atomic E-state index is 11.7. The highest BCUT2D eigenvalue weighted by Crippen LogP contribution is 2.47. The number of aliphatic hydroxyl groups excluding tert-OH is 1. The van der Waals surface area contributed by atoms with Crippen molar-refractivity contribution < 1.29 is 9.90 Å². The lowest BCUT2D eigenvalue weighted by molar-refractivity contribution is -0.138. The van der Waals surface area contributed by atoms with Crippen molar-refractivity contribution in [2.24, 2.45) is 11.8 Å². The molecule has 0 amide bonds. The van der Waals surface area contributed by atoms with E-state index in [-0.39, 0.29) is 17.6 Å². The van der Waals surface area contributed by atoms with Crippen LogP contribution in [0.2, 0.25) is 0 Å². The molecular formula is C14H16O2. The van der Waals surface area contributed by atoms with Crippen LogP contribution in [0.25, 0.3) is 0 Å². The molecule has 4 rings (SSSR count). The Bertz CT molecular complexity index is 396. The van der Waals surface area contributed by atoms with Gasteiger partial charge in [-0.1, -0.05) is 30.3 Å². The van der Waals surface area contributed by atoms with Crippen LogP contribution in [0.1, 0.15) is 30.7 Å². The van der Waals surface area contributed by atoms with E-state index in [0.717, 1.165) is 12.8 Å². The molecule has 2 heteroatoms. The van der Waals surface area contributed by atoms with Crippen molar-refractivity contribution in [1.29, 1.82) is 0 Å². The molecular weight excluding hydrogens is 200 g/mol. The number of fused-ring (bicyclic) bond motifs is 3. The van der Waals surface area contributed by atoms with Gasteiger partial charge in [0.25, 0.3) is 0 Å². The molecule has 0 radical (unpaired) electrons. The van der Waals surface area contributed by atoms with Gasteiger partial charge in [0.1, 0.15) is 5.78 Å². The Kier molecular flexibility index (Phi) is 2.32. The molecule has 4 atom stereocenters. The van der Waals surface area contributed by atoms with E-state index >= 15 is 0 Å². The van der Waals surface area contributed by atoms with Crippen molar-refractivity contribution in [3.8, 4) is 0 Å². The number of benzene rings is 1. The molecule has 84 valence electrons. The standard InChI is InChI=1S/C14H16O2/c15-12-8-10-6-7-11(12)14(16)13(10)9-4-2-1-3-5-9/h1-5,10-11,13-14,16H,6-8H2/t10-,11-,13-,14+/m1/s1. The maximum Gasteiger partial charge on any atom is 0.138 e. The molecule has 1 aromatic rings.